The number of carbonyl (C=O) groups is 1. The Morgan fingerprint density at radius 3 is 2.60 bits per heavy atom. The van der Waals surface area contributed by atoms with Gasteiger partial charge in [0.25, 0.3) is 5.91 Å². The first-order valence-electron chi connectivity index (χ1n) is 14.4. The van der Waals surface area contributed by atoms with Crippen molar-refractivity contribution in [1.29, 1.82) is 0 Å². The molecule has 0 aromatic heterocycles. The predicted molar refractivity (Wildman–Crippen MR) is 163 cm³/mol. The van der Waals surface area contributed by atoms with Gasteiger partial charge in [0.15, 0.2) is 0 Å². The molecule has 3 aromatic carbocycles. The minimum atomic E-state index is -1.12. The first kappa shape index (κ1) is 30.3. The third-order valence-corrected chi connectivity index (χ3v) is 8.69. The fourth-order valence-electron chi connectivity index (χ4n) is 6.05. The number of hydrogen-bond acceptors (Lipinski definition) is 4. The second-order valence-corrected chi connectivity index (χ2v) is 11.5. The van der Waals surface area contributed by atoms with Crippen LogP contribution in [-0.4, -0.2) is 49.8 Å². The highest BCUT2D eigenvalue weighted by atomic mass is 35.5. The summed E-state index contributed by atoms with van der Waals surface area (Å²) >= 11 is 6.85. The van der Waals surface area contributed by atoms with Gasteiger partial charge >= 0.3 is 0 Å². The fraction of sp³-hybridized carbons (Fsp3) is 0.441. The SMILES string of the molecule is CNCc1ccc(C(=O)N2CCC[C@@H](C(O)(CCCCOC)c3cccc(Cl)c3Cc3ccccc3C)C2)cc1. The Hall–Kier alpha value is -2.70. The minimum Gasteiger partial charge on any atom is -0.385 e. The van der Waals surface area contributed by atoms with Crippen molar-refractivity contribution in [3.05, 3.63) is 105 Å². The van der Waals surface area contributed by atoms with Crippen molar-refractivity contribution in [3.8, 4) is 0 Å². The van der Waals surface area contributed by atoms with Gasteiger partial charge in [0, 0.05) is 49.9 Å². The number of hydrogen-bond donors (Lipinski definition) is 2. The van der Waals surface area contributed by atoms with Crippen LogP contribution < -0.4 is 5.32 Å². The van der Waals surface area contributed by atoms with E-state index in [-0.39, 0.29) is 11.8 Å². The lowest BCUT2D eigenvalue weighted by Crippen LogP contribution is -2.48. The van der Waals surface area contributed by atoms with E-state index in [4.69, 9.17) is 16.3 Å². The van der Waals surface area contributed by atoms with Gasteiger partial charge < -0.3 is 20.1 Å². The Bertz CT molecular complexity index is 1260. The summed E-state index contributed by atoms with van der Waals surface area (Å²) in [6.07, 6.45) is 4.61. The van der Waals surface area contributed by atoms with Crippen molar-refractivity contribution in [3.63, 3.8) is 0 Å². The van der Waals surface area contributed by atoms with E-state index in [1.807, 2.05) is 66.5 Å². The average molecular weight is 563 g/mol. The number of piperidine rings is 1. The quantitative estimate of drug-likeness (QED) is 0.247. The van der Waals surface area contributed by atoms with Crippen LogP contribution in [0.4, 0.5) is 0 Å². The molecule has 214 valence electrons. The summed E-state index contributed by atoms with van der Waals surface area (Å²) in [7, 11) is 3.62. The maximum Gasteiger partial charge on any atom is 0.253 e. The number of ether oxygens (including phenoxy) is 1. The number of aryl methyl sites for hydroxylation is 1. The van der Waals surface area contributed by atoms with Crippen molar-refractivity contribution >= 4 is 17.5 Å². The number of nitrogens with one attached hydrogen (secondary N) is 1. The minimum absolute atomic E-state index is 0.0219. The number of aliphatic hydroxyl groups is 1. The van der Waals surface area contributed by atoms with E-state index in [0.29, 0.717) is 43.1 Å². The van der Waals surface area contributed by atoms with Gasteiger partial charge in [-0.2, -0.15) is 0 Å². The zero-order valence-corrected chi connectivity index (χ0v) is 24.8. The van der Waals surface area contributed by atoms with Gasteiger partial charge in [-0.1, -0.05) is 60.1 Å². The molecule has 0 aliphatic carbocycles. The van der Waals surface area contributed by atoms with Gasteiger partial charge in [0.1, 0.15) is 0 Å². The van der Waals surface area contributed by atoms with Gasteiger partial charge in [-0.05, 0) is 98.5 Å². The summed E-state index contributed by atoms with van der Waals surface area (Å²) in [5.41, 5.74) is 4.96. The molecule has 0 bridgehead atoms. The summed E-state index contributed by atoms with van der Waals surface area (Å²) < 4.78 is 5.30. The van der Waals surface area contributed by atoms with Crippen LogP contribution in [0, 0.1) is 12.8 Å². The van der Waals surface area contributed by atoms with Crippen LogP contribution in [0.15, 0.2) is 66.7 Å². The number of unbranched alkanes of at least 4 members (excludes halogenated alkanes) is 1. The second kappa shape index (κ2) is 14.3. The zero-order valence-electron chi connectivity index (χ0n) is 24.1. The summed E-state index contributed by atoms with van der Waals surface area (Å²) in [5.74, 6) is -0.0842. The largest absolute Gasteiger partial charge is 0.385 e. The van der Waals surface area contributed by atoms with Gasteiger partial charge in [-0.3, -0.25) is 4.79 Å². The Morgan fingerprint density at radius 1 is 1.10 bits per heavy atom. The number of rotatable bonds is 12. The van der Waals surface area contributed by atoms with E-state index < -0.39 is 5.60 Å². The van der Waals surface area contributed by atoms with Gasteiger partial charge in [-0.15, -0.1) is 0 Å². The van der Waals surface area contributed by atoms with Crippen LogP contribution in [0.25, 0.3) is 0 Å². The molecule has 3 aromatic rings. The molecule has 5 nitrogen and oxygen atoms in total. The lowest BCUT2D eigenvalue weighted by atomic mass is 9.72. The van der Waals surface area contributed by atoms with Crippen molar-refractivity contribution in [2.75, 3.05) is 33.9 Å². The lowest BCUT2D eigenvalue weighted by Gasteiger charge is -2.44. The molecular weight excluding hydrogens is 520 g/mol. The smallest absolute Gasteiger partial charge is 0.253 e. The first-order valence-corrected chi connectivity index (χ1v) is 14.8. The van der Waals surface area contributed by atoms with Crippen LogP contribution in [0.1, 0.15) is 70.3 Å². The molecule has 1 aliphatic heterocycles. The van der Waals surface area contributed by atoms with Crippen LogP contribution in [0.2, 0.25) is 5.02 Å². The lowest BCUT2D eigenvalue weighted by molar-refractivity contribution is -0.0583. The van der Waals surface area contributed by atoms with E-state index in [1.54, 1.807) is 7.11 Å². The highest BCUT2D eigenvalue weighted by molar-refractivity contribution is 6.31. The molecular formula is C34H43ClN2O3. The maximum absolute atomic E-state index is 13.6. The van der Waals surface area contributed by atoms with Crippen molar-refractivity contribution in [2.45, 2.75) is 57.6 Å². The summed E-state index contributed by atoms with van der Waals surface area (Å²) in [5, 5.41) is 16.5. The molecule has 40 heavy (non-hydrogen) atoms. The molecule has 2 atom stereocenters. The molecule has 0 radical (unpaired) electrons. The third kappa shape index (κ3) is 7.13. The molecule has 1 heterocycles. The summed E-state index contributed by atoms with van der Waals surface area (Å²) in [4.78, 5) is 15.5. The number of nitrogens with zero attached hydrogens (tertiary/aromatic N) is 1. The summed E-state index contributed by atoms with van der Waals surface area (Å²) in [6, 6.07) is 22.0. The molecule has 2 N–H and O–H groups in total. The van der Waals surface area contributed by atoms with Crippen LogP contribution in [0.5, 0.6) is 0 Å². The van der Waals surface area contributed by atoms with E-state index >= 15 is 0 Å². The number of likely N-dealkylation sites (tertiary alicyclic amines) is 1. The van der Waals surface area contributed by atoms with Crippen molar-refractivity contribution in [2.24, 2.45) is 5.92 Å². The molecule has 1 saturated heterocycles. The van der Waals surface area contributed by atoms with E-state index in [2.05, 4.69) is 24.4 Å². The predicted octanol–water partition coefficient (Wildman–Crippen LogP) is 6.52. The second-order valence-electron chi connectivity index (χ2n) is 11.1. The first-order chi connectivity index (χ1) is 19.4. The molecule has 4 rings (SSSR count). The Morgan fingerprint density at radius 2 is 1.88 bits per heavy atom. The molecule has 1 amide bonds. The highest BCUT2D eigenvalue weighted by Gasteiger charge is 2.42. The van der Waals surface area contributed by atoms with E-state index in [9.17, 15) is 9.90 Å². The normalized spacial score (nSPS) is 17.0. The standard InChI is InChI=1S/C34H43ClN2O3/c1-25-10-4-5-11-28(25)22-30-31(13-8-14-32(30)35)34(39,19-6-7-21-40-3)29-12-9-20-37(24-29)33(38)27-17-15-26(16-18-27)23-36-2/h4-5,8,10-11,13-18,29,36,39H,6-7,9,12,19-24H2,1-3H3/t29-,34?/m1/s1. The number of halogens is 1. The highest BCUT2D eigenvalue weighted by Crippen LogP contribution is 2.43. The monoisotopic (exact) mass is 562 g/mol. The Balaban J connectivity index is 1.65. The van der Waals surface area contributed by atoms with E-state index in [0.717, 1.165) is 48.9 Å². The Kier molecular flexibility index (Phi) is 10.8. The molecule has 1 unspecified atom stereocenters. The van der Waals surface area contributed by atoms with Gasteiger partial charge in [0.05, 0.1) is 5.60 Å². The number of benzene rings is 3. The van der Waals surface area contributed by atoms with E-state index in [1.165, 1.54) is 11.1 Å². The number of amides is 1. The van der Waals surface area contributed by atoms with Gasteiger partial charge in [0.2, 0.25) is 0 Å². The number of carbonyl (C=O) groups excluding carboxylic acids is 1. The number of methoxy groups -OCH3 is 1. The van der Waals surface area contributed by atoms with Crippen LogP contribution in [-0.2, 0) is 23.3 Å². The Labute approximate surface area is 244 Å². The zero-order chi connectivity index (χ0) is 28.5. The van der Waals surface area contributed by atoms with Crippen LogP contribution >= 0.6 is 11.6 Å². The van der Waals surface area contributed by atoms with Crippen molar-refractivity contribution < 1.29 is 14.6 Å². The third-order valence-electron chi connectivity index (χ3n) is 8.34. The van der Waals surface area contributed by atoms with Gasteiger partial charge in [-0.25, -0.2) is 0 Å². The molecule has 6 heteroatoms. The summed E-state index contributed by atoms with van der Waals surface area (Å²) in [6.45, 7) is 4.73. The molecule has 0 saturated carbocycles. The van der Waals surface area contributed by atoms with Crippen molar-refractivity contribution in [1.82, 2.24) is 10.2 Å². The molecule has 1 fully saturated rings. The average Bonchev–Trinajstić information content (AvgIpc) is 2.97. The van der Waals surface area contributed by atoms with Crippen LogP contribution in [0.3, 0.4) is 0 Å². The fourth-order valence-corrected chi connectivity index (χ4v) is 6.29. The maximum atomic E-state index is 13.6. The molecule has 1 aliphatic rings. The molecule has 0 spiro atoms. The topological polar surface area (TPSA) is 61.8 Å².